The highest BCUT2D eigenvalue weighted by atomic mass is 17.1. The Morgan fingerprint density at radius 3 is 2.58 bits per heavy atom. The Bertz CT molecular complexity index is 220. The summed E-state index contributed by atoms with van der Waals surface area (Å²) in [6.07, 6.45) is 2.09. The second kappa shape index (κ2) is 2.33. The van der Waals surface area contributed by atoms with Crippen molar-refractivity contribution in [3.8, 4) is 0 Å². The van der Waals surface area contributed by atoms with Crippen molar-refractivity contribution in [1.82, 2.24) is 0 Å². The van der Waals surface area contributed by atoms with E-state index in [1.807, 2.05) is 0 Å². The van der Waals surface area contributed by atoms with E-state index in [4.69, 9.17) is 5.26 Å². The minimum Gasteiger partial charge on any atom is -0.251 e. The summed E-state index contributed by atoms with van der Waals surface area (Å²) in [4.78, 5) is 4.40. The average molecular weight is 168 g/mol. The standard InChI is InChI=1S/C10H16O2/c1-6-8-4-7(10(8,2)3)5-9(6)12-11/h7-9,11H,1,4-5H2,2-3H3/t7-,8+,9?/m0/s1. The van der Waals surface area contributed by atoms with Gasteiger partial charge in [-0.2, -0.15) is 0 Å². The Labute approximate surface area is 73.2 Å². The largest absolute Gasteiger partial charge is 0.251 e. The quantitative estimate of drug-likeness (QED) is 0.370. The molecule has 0 aliphatic heterocycles. The zero-order chi connectivity index (χ0) is 8.93. The van der Waals surface area contributed by atoms with Crippen molar-refractivity contribution in [2.45, 2.75) is 32.8 Å². The fourth-order valence-corrected chi connectivity index (χ4v) is 2.79. The SMILES string of the molecule is C=C1C(OO)C[C@@H]2C[C@H]1C2(C)C. The second-order valence-corrected chi connectivity index (χ2v) is 4.71. The van der Waals surface area contributed by atoms with Crippen LogP contribution in [-0.2, 0) is 4.89 Å². The molecule has 0 radical (unpaired) electrons. The summed E-state index contributed by atoms with van der Waals surface area (Å²) in [5.74, 6) is 1.28. The van der Waals surface area contributed by atoms with Crippen molar-refractivity contribution in [2.24, 2.45) is 17.3 Å². The first-order valence-corrected chi connectivity index (χ1v) is 4.56. The molecule has 0 heterocycles. The van der Waals surface area contributed by atoms with Gasteiger partial charge in [0.1, 0.15) is 6.10 Å². The van der Waals surface area contributed by atoms with Gasteiger partial charge in [-0.15, -0.1) is 0 Å². The monoisotopic (exact) mass is 168 g/mol. The molecule has 0 aromatic heterocycles. The van der Waals surface area contributed by atoms with Crippen LogP contribution in [0, 0.1) is 17.3 Å². The molecule has 68 valence electrons. The highest BCUT2D eigenvalue weighted by Crippen LogP contribution is 2.61. The number of rotatable bonds is 1. The minimum absolute atomic E-state index is 0.0956. The number of fused-ring (bicyclic) bond motifs is 2. The maximum absolute atomic E-state index is 8.61. The molecule has 1 N–H and O–H groups in total. The van der Waals surface area contributed by atoms with Crippen molar-refractivity contribution in [1.29, 1.82) is 0 Å². The van der Waals surface area contributed by atoms with E-state index in [2.05, 4.69) is 25.3 Å². The van der Waals surface area contributed by atoms with Crippen molar-refractivity contribution in [2.75, 3.05) is 0 Å². The summed E-state index contributed by atoms with van der Waals surface area (Å²) < 4.78 is 0. The molecule has 2 nitrogen and oxygen atoms in total. The van der Waals surface area contributed by atoms with E-state index in [9.17, 15) is 0 Å². The van der Waals surface area contributed by atoms with E-state index in [-0.39, 0.29) is 6.10 Å². The smallest absolute Gasteiger partial charge is 0.114 e. The van der Waals surface area contributed by atoms with Crippen molar-refractivity contribution >= 4 is 0 Å². The van der Waals surface area contributed by atoms with Gasteiger partial charge in [-0.3, -0.25) is 5.26 Å². The summed E-state index contributed by atoms with van der Waals surface area (Å²) >= 11 is 0. The van der Waals surface area contributed by atoms with E-state index in [1.54, 1.807) is 0 Å². The summed E-state index contributed by atoms with van der Waals surface area (Å²) in [7, 11) is 0. The lowest BCUT2D eigenvalue weighted by Gasteiger charge is -2.59. The zero-order valence-electron chi connectivity index (χ0n) is 7.71. The molecular formula is C10H16O2. The van der Waals surface area contributed by atoms with Crippen LogP contribution in [0.15, 0.2) is 12.2 Å². The molecule has 0 spiro atoms. The normalized spacial score (nSPS) is 43.9. The molecule has 2 bridgehead atoms. The van der Waals surface area contributed by atoms with Crippen LogP contribution < -0.4 is 0 Å². The molecule has 0 saturated heterocycles. The first-order valence-electron chi connectivity index (χ1n) is 4.56. The lowest BCUT2D eigenvalue weighted by Crippen LogP contribution is -2.53. The van der Waals surface area contributed by atoms with E-state index in [0.29, 0.717) is 17.3 Å². The lowest BCUT2D eigenvalue weighted by atomic mass is 9.47. The highest BCUT2D eigenvalue weighted by molar-refractivity contribution is 5.23. The van der Waals surface area contributed by atoms with Gasteiger partial charge >= 0.3 is 0 Å². The second-order valence-electron chi connectivity index (χ2n) is 4.71. The third-order valence-corrected chi connectivity index (χ3v) is 3.96. The van der Waals surface area contributed by atoms with E-state index in [0.717, 1.165) is 12.0 Å². The fraction of sp³-hybridized carbons (Fsp3) is 0.800. The van der Waals surface area contributed by atoms with Crippen LogP contribution in [0.25, 0.3) is 0 Å². The Kier molecular flexibility index (Phi) is 1.61. The van der Waals surface area contributed by atoms with Crippen LogP contribution in [0.3, 0.4) is 0 Å². The summed E-state index contributed by atoms with van der Waals surface area (Å²) in [6, 6.07) is 0. The van der Waals surface area contributed by atoms with Crippen LogP contribution in [-0.4, -0.2) is 11.4 Å². The van der Waals surface area contributed by atoms with Crippen molar-refractivity contribution < 1.29 is 10.1 Å². The summed E-state index contributed by atoms with van der Waals surface area (Å²) in [5.41, 5.74) is 1.48. The predicted molar refractivity (Wildman–Crippen MR) is 46.6 cm³/mol. The van der Waals surface area contributed by atoms with Gasteiger partial charge in [0.05, 0.1) is 0 Å². The van der Waals surface area contributed by atoms with Crippen LogP contribution >= 0.6 is 0 Å². The molecule has 3 atom stereocenters. The molecule has 0 amide bonds. The fourth-order valence-electron chi connectivity index (χ4n) is 2.79. The first kappa shape index (κ1) is 8.27. The van der Waals surface area contributed by atoms with Crippen LogP contribution in [0.5, 0.6) is 0 Å². The molecule has 0 aromatic rings. The molecule has 3 fully saturated rings. The van der Waals surface area contributed by atoms with E-state index < -0.39 is 0 Å². The van der Waals surface area contributed by atoms with Gasteiger partial charge in [-0.05, 0) is 35.7 Å². The van der Waals surface area contributed by atoms with Crippen molar-refractivity contribution in [3.05, 3.63) is 12.2 Å². The third kappa shape index (κ3) is 0.824. The van der Waals surface area contributed by atoms with Gasteiger partial charge in [0, 0.05) is 0 Å². The van der Waals surface area contributed by atoms with Crippen molar-refractivity contribution in [3.63, 3.8) is 0 Å². The molecular weight excluding hydrogens is 152 g/mol. The van der Waals surface area contributed by atoms with E-state index >= 15 is 0 Å². The Morgan fingerprint density at radius 2 is 2.17 bits per heavy atom. The zero-order valence-corrected chi connectivity index (χ0v) is 7.71. The highest BCUT2D eigenvalue weighted by Gasteiger charge is 2.55. The first-order chi connectivity index (χ1) is 5.57. The molecule has 0 aromatic carbocycles. The molecule has 3 aliphatic rings. The molecule has 12 heavy (non-hydrogen) atoms. The number of hydrogen-bond acceptors (Lipinski definition) is 2. The molecule has 3 saturated carbocycles. The predicted octanol–water partition coefficient (Wildman–Crippen LogP) is 2.47. The van der Waals surface area contributed by atoms with Gasteiger partial charge < -0.3 is 0 Å². The molecule has 3 rings (SSSR count). The molecule has 1 unspecified atom stereocenters. The lowest BCUT2D eigenvalue weighted by molar-refractivity contribution is -0.289. The number of hydrogen-bond donors (Lipinski definition) is 1. The Morgan fingerprint density at radius 1 is 1.50 bits per heavy atom. The maximum Gasteiger partial charge on any atom is 0.114 e. The van der Waals surface area contributed by atoms with Crippen LogP contribution in [0.4, 0.5) is 0 Å². The van der Waals surface area contributed by atoms with Gasteiger partial charge in [0.15, 0.2) is 0 Å². The van der Waals surface area contributed by atoms with Gasteiger partial charge in [-0.1, -0.05) is 20.4 Å². The summed E-state index contributed by atoms with van der Waals surface area (Å²) in [6.45, 7) is 8.56. The Hall–Kier alpha value is -0.340. The topological polar surface area (TPSA) is 29.5 Å². The van der Waals surface area contributed by atoms with Crippen LogP contribution in [0.2, 0.25) is 0 Å². The van der Waals surface area contributed by atoms with Gasteiger partial charge in [0.2, 0.25) is 0 Å². The van der Waals surface area contributed by atoms with Gasteiger partial charge in [-0.25, -0.2) is 4.89 Å². The van der Waals surface area contributed by atoms with E-state index in [1.165, 1.54) is 6.42 Å². The maximum atomic E-state index is 8.61. The van der Waals surface area contributed by atoms with Gasteiger partial charge in [0.25, 0.3) is 0 Å². The minimum atomic E-state index is -0.0956. The Balaban J connectivity index is 2.17. The molecule has 3 aliphatic carbocycles. The average Bonchev–Trinajstić information content (AvgIpc) is 2.03. The molecule has 2 heteroatoms. The summed E-state index contributed by atoms with van der Waals surface area (Å²) in [5, 5.41) is 8.61. The third-order valence-electron chi connectivity index (χ3n) is 3.96. The van der Waals surface area contributed by atoms with Crippen LogP contribution in [0.1, 0.15) is 26.7 Å².